The lowest BCUT2D eigenvalue weighted by molar-refractivity contribution is 0.0697. The number of amides is 3. The molecule has 0 spiro atoms. The average Bonchev–Trinajstić information content (AvgIpc) is 3.23. The maximum atomic E-state index is 12.6. The Hall–Kier alpha value is -3.68. The number of nitrogens with one attached hydrogen (secondary N) is 3. The van der Waals surface area contributed by atoms with Gasteiger partial charge >= 0.3 is 6.03 Å². The van der Waals surface area contributed by atoms with Gasteiger partial charge in [0.15, 0.2) is 0 Å². The van der Waals surface area contributed by atoms with Gasteiger partial charge in [-0.2, -0.15) is 5.10 Å². The average molecular weight is 404 g/mol. The first-order chi connectivity index (χ1) is 14.6. The van der Waals surface area contributed by atoms with Crippen LogP contribution in [0, 0.1) is 5.92 Å². The molecule has 2 aromatic heterocycles. The summed E-state index contributed by atoms with van der Waals surface area (Å²) in [6.45, 7) is 3.81. The number of likely N-dealkylation sites (tertiary alicyclic amines) is 1. The fourth-order valence-electron chi connectivity index (χ4n) is 3.46. The molecular weight excluding hydrogens is 380 g/mol. The topological polar surface area (TPSA) is 103 Å². The third-order valence-electron chi connectivity index (χ3n) is 5.27. The van der Waals surface area contributed by atoms with Crippen LogP contribution in [0.4, 0.5) is 16.2 Å². The van der Waals surface area contributed by atoms with E-state index >= 15 is 0 Å². The standard InChI is InChI=1S/C22H24N6O2/c1-15-9-12-28(13-10-15)21(29)16-5-7-17(8-6-16)25-22(30)26-19-14-24-27-20(19)18-4-2-3-11-23-18/h2-8,11,14-15H,9-10,12-13H2,1H3,(H,24,27)(H2,25,26,30). The zero-order valence-corrected chi connectivity index (χ0v) is 16.8. The van der Waals surface area contributed by atoms with E-state index in [-0.39, 0.29) is 5.91 Å². The van der Waals surface area contributed by atoms with Crippen molar-refractivity contribution in [1.82, 2.24) is 20.1 Å². The van der Waals surface area contributed by atoms with Crippen LogP contribution < -0.4 is 10.6 Å². The molecular formula is C22H24N6O2. The highest BCUT2D eigenvalue weighted by atomic mass is 16.2. The third-order valence-corrected chi connectivity index (χ3v) is 5.27. The van der Waals surface area contributed by atoms with Gasteiger partial charge in [-0.15, -0.1) is 0 Å². The third kappa shape index (κ3) is 4.48. The smallest absolute Gasteiger partial charge is 0.323 e. The summed E-state index contributed by atoms with van der Waals surface area (Å²) in [4.78, 5) is 31.2. The Morgan fingerprint density at radius 1 is 1.07 bits per heavy atom. The van der Waals surface area contributed by atoms with Gasteiger partial charge in [-0.3, -0.25) is 14.9 Å². The number of carbonyl (C=O) groups excluding carboxylic acids is 2. The van der Waals surface area contributed by atoms with Crippen LogP contribution in [0.2, 0.25) is 0 Å². The number of rotatable bonds is 4. The molecule has 3 aromatic rings. The van der Waals surface area contributed by atoms with Crippen LogP contribution in [0.1, 0.15) is 30.1 Å². The second-order valence-corrected chi connectivity index (χ2v) is 7.50. The monoisotopic (exact) mass is 404 g/mol. The number of hydrogen-bond donors (Lipinski definition) is 3. The summed E-state index contributed by atoms with van der Waals surface area (Å²) in [5, 5.41) is 12.4. The number of aromatic amines is 1. The van der Waals surface area contributed by atoms with Crippen molar-refractivity contribution < 1.29 is 9.59 Å². The van der Waals surface area contributed by atoms with Crippen molar-refractivity contribution in [3.8, 4) is 11.4 Å². The van der Waals surface area contributed by atoms with E-state index in [4.69, 9.17) is 0 Å². The van der Waals surface area contributed by atoms with Gasteiger partial charge in [-0.05, 0) is 55.2 Å². The highest BCUT2D eigenvalue weighted by Gasteiger charge is 2.21. The molecule has 1 fully saturated rings. The van der Waals surface area contributed by atoms with Gasteiger partial charge in [0.25, 0.3) is 5.91 Å². The van der Waals surface area contributed by atoms with Crippen molar-refractivity contribution in [2.75, 3.05) is 23.7 Å². The van der Waals surface area contributed by atoms with Gasteiger partial charge in [0.1, 0.15) is 5.69 Å². The molecule has 1 aromatic carbocycles. The Morgan fingerprint density at radius 3 is 2.53 bits per heavy atom. The van der Waals surface area contributed by atoms with E-state index in [1.165, 1.54) is 6.20 Å². The van der Waals surface area contributed by atoms with Crippen molar-refractivity contribution in [3.05, 3.63) is 60.4 Å². The first kappa shape index (κ1) is 19.6. The van der Waals surface area contributed by atoms with Gasteiger partial charge in [0, 0.05) is 30.5 Å². The van der Waals surface area contributed by atoms with E-state index in [1.807, 2.05) is 23.1 Å². The van der Waals surface area contributed by atoms with Crippen molar-refractivity contribution >= 4 is 23.3 Å². The molecule has 30 heavy (non-hydrogen) atoms. The van der Waals surface area contributed by atoms with Crippen molar-refractivity contribution in [3.63, 3.8) is 0 Å². The highest BCUT2D eigenvalue weighted by molar-refractivity contribution is 6.02. The molecule has 8 nitrogen and oxygen atoms in total. The van der Waals surface area contributed by atoms with Crippen LogP contribution in [-0.4, -0.2) is 45.1 Å². The summed E-state index contributed by atoms with van der Waals surface area (Å²) < 4.78 is 0. The first-order valence-electron chi connectivity index (χ1n) is 10.0. The molecule has 0 bridgehead atoms. The molecule has 0 saturated carbocycles. The summed E-state index contributed by atoms with van der Waals surface area (Å²) in [5.41, 5.74) is 3.06. The molecule has 0 unspecified atom stereocenters. The zero-order chi connectivity index (χ0) is 20.9. The maximum absolute atomic E-state index is 12.6. The van der Waals surface area contributed by atoms with E-state index in [0.29, 0.717) is 34.2 Å². The minimum absolute atomic E-state index is 0.0382. The van der Waals surface area contributed by atoms with Crippen molar-refractivity contribution in [2.45, 2.75) is 19.8 Å². The highest BCUT2D eigenvalue weighted by Crippen LogP contribution is 2.23. The fourth-order valence-corrected chi connectivity index (χ4v) is 3.46. The quantitative estimate of drug-likeness (QED) is 0.612. The molecule has 1 saturated heterocycles. The number of pyridine rings is 1. The number of carbonyl (C=O) groups is 2. The first-order valence-corrected chi connectivity index (χ1v) is 10.0. The molecule has 4 rings (SSSR count). The summed E-state index contributed by atoms with van der Waals surface area (Å²) in [5.74, 6) is 0.712. The fraction of sp³-hybridized carbons (Fsp3) is 0.273. The minimum atomic E-state index is -0.405. The molecule has 1 aliphatic rings. The lowest BCUT2D eigenvalue weighted by atomic mass is 9.98. The summed E-state index contributed by atoms with van der Waals surface area (Å²) in [7, 11) is 0. The number of urea groups is 1. The number of nitrogens with zero attached hydrogens (tertiary/aromatic N) is 3. The van der Waals surface area contributed by atoms with Crippen LogP contribution >= 0.6 is 0 Å². The molecule has 3 amide bonds. The number of hydrogen-bond acceptors (Lipinski definition) is 4. The Morgan fingerprint density at radius 2 is 1.83 bits per heavy atom. The van der Waals surface area contributed by atoms with E-state index in [2.05, 4.69) is 32.7 Å². The summed E-state index contributed by atoms with van der Waals surface area (Å²) in [6, 6.07) is 12.1. The predicted molar refractivity (Wildman–Crippen MR) is 115 cm³/mol. The van der Waals surface area contributed by atoms with Gasteiger partial charge < -0.3 is 15.5 Å². The number of H-pyrrole nitrogens is 1. The molecule has 0 atom stereocenters. The van der Waals surface area contributed by atoms with Crippen molar-refractivity contribution in [1.29, 1.82) is 0 Å². The van der Waals surface area contributed by atoms with Gasteiger partial charge in [0.05, 0.1) is 17.6 Å². The number of piperidine rings is 1. The van der Waals surface area contributed by atoms with Crippen LogP contribution in [-0.2, 0) is 0 Å². The van der Waals surface area contributed by atoms with E-state index in [9.17, 15) is 9.59 Å². The van der Waals surface area contributed by atoms with Crippen LogP contribution in [0.15, 0.2) is 54.9 Å². The lowest BCUT2D eigenvalue weighted by Crippen LogP contribution is -2.37. The van der Waals surface area contributed by atoms with Gasteiger partial charge in [0.2, 0.25) is 0 Å². The predicted octanol–water partition coefficient (Wildman–Crippen LogP) is 3.99. The van der Waals surface area contributed by atoms with Gasteiger partial charge in [-0.1, -0.05) is 13.0 Å². The molecule has 0 aliphatic carbocycles. The molecule has 3 N–H and O–H groups in total. The Kier molecular flexibility index (Phi) is 5.74. The summed E-state index contributed by atoms with van der Waals surface area (Å²) >= 11 is 0. The van der Waals surface area contributed by atoms with E-state index < -0.39 is 6.03 Å². The normalized spacial score (nSPS) is 14.4. The number of benzene rings is 1. The number of aromatic nitrogens is 3. The van der Waals surface area contributed by atoms with Crippen LogP contribution in [0.3, 0.4) is 0 Å². The molecule has 1 aliphatic heterocycles. The largest absolute Gasteiger partial charge is 0.339 e. The molecule has 3 heterocycles. The van der Waals surface area contributed by atoms with Crippen LogP contribution in [0.25, 0.3) is 11.4 Å². The molecule has 0 radical (unpaired) electrons. The SMILES string of the molecule is CC1CCN(C(=O)c2ccc(NC(=O)Nc3cn[nH]c3-c3ccccn3)cc2)CC1. The Bertz CT molecular complexity index is 1010. The van der Waals surface area contributed by atoms with E-state index in [1.54, 1.807) is 30.5 Å². The maximum Gasteiger partial charge on any atom is 0.323 e. The van der Waals surface area contributed by atoms with Crippen molar-refractivity contribution in [2.24, 2.45) is 5.92 Å². The second-order valence-electron chi connectivity index (χ2n) is 7.50. The zero-order valence-electron chi connectivity index (χ0n) is 16.8. The van der Waals surface area contributed by atoms with Crippen LogP contribution in [0.5, 0.6) is 0 Å². The van der Waals surface area contributed by atoms with Gasteiger partial charge in [-0.25, -0.2) is 4.79 Å². The minimum Gasteiger partial charge on any atom is -0.339 e. The number of anilines is 2. The molecule has 154 valence electrons. The lowest BCUT2D eigenvalue weighted by Gasteiger charge is -2.30. The second kappa shape index (κ2) is 8.77. The summed E-state index contributed by atoms with van der Waals surface area (Å²) in [6.07, 6.45) is 5.29. The Labute approximate surface area is 174 Å². The molecule has 8 heteroatoms. The Balaban J connectivity index is 1.37. The van der Waals surface area contributed by atoms with E-state index in [0.717, 1.165) is 25.9 Å².